The van der Waals surface area contributed by atoms with Gasteiger partial charge in [-0.05, 0) is 34.0 Å². The van der Waals surface area contributed by atoms with Gasteiger partial charge in [0.2, 0.25) is 11.1 Å². The summed E-state index contributed by atoms with van der Waals surface area (Å²) in [6.45, 7) is 0.602. The van der Waals surface area contributed by atoms with Crippen molar-refractivity contribution in [2.75, 3.05) is 18.2 Å². The summed E-state index contributed by atoms with van der Waals surface area (Å²) in [4.78, 5) is 13.2. The van der Waals surface area contributed by atoms with Gasteiger partial charge < -0.3 is 10.1 Å². The molecule has 7 nitrogen and oxygen atoms in total. The molecule has 0 spiro atoms. The van der Waals surface area contributed by atoms with Crippen LogP contribution in [0.2, 0.25) is 0 Å². The number of thiophene rings is 1. The van der Waals surface area contributed by atoms with Gasteiger partial charge in [-0.2, -0.15) is 0 Å². The Morgan fingerprint density at radius 1 is 1.38 bits per heavy atom. The monoisotopic (exact) mass is 361 g/mol. The first kappa shape index (κ1) is 16.5. The Labute approximate surface area is 147 Å². The van der Waals surface area contributed by atoms with E-state index in [-0.39, 0.29) is 11.7 Å². The minimum Gasteiger partial charge on any atom is -0.497 e. The van der Waals surface area contributed by atoms with Gasteiger partial charge >= 0.3 is 0 Å². The van der Waals surface area contributed by atoms with Gasteiger partial charge in [0, 0.05) is 16.6 Å². The molecule has 1 aromatic carbocycles. The highest BCUT2D eigenvalue weighted by Crippen LogP contribution is 2.19. The van der Waals surface area contributed by atoms with Crippen molar-refractivity contribution in [1.82, 2.24) is 20.2 Å². The third-order valence-corrected chi connectivity index (χ3v) is 4.89. The van der Waals surface area contributed by atoms with E-state index in [0.29, 0.717) is 23.1 Å². The highest BCUT2D eigenvalue weighted by atomic mass is 32.2. The summed E-state index contributed by atoms with van der Waals surface area (Å²) in [7, 11) is 1.59. The van der Waals surface area contributed by atoms with Crippen molar-refractivity contribution in [1.29, 1.82) is 0 Å². The molecule has 3 aromatic rings. The molecular weight excluding hydrogens is 346 g/mol. The third-order valence-electron chi connectivity index (χ3n) is 3.07. The maximum atomic E-state index is 12.1. The van der Waals surface area contributed by atoms with Gasteiger partial charge in [0.25, 0.3) is 0 Å². The average molecular weight is 361 g/mol. The maximum Gasteiger partial charge on any atom is 0.234 e. The Morgan fingerprint density at radius 3 is 3.08 bits per heavy atom. The van der Waals surface area contributed by atoms with Crippen LogP contribution in [0.15, 0.2) is 46.9 Å². The maximum absolute atomic E-state index is 12.1. The van der Waals surface area contributed by atoms with Crippen molar-refractivity contribution in [3.63, 3.8) is 0 Å². The van der Waals surface area contributed by atoms with Gasteiger partial charge in [-0.25, -0.2) is 4.68 Å². The van der Waals surface area contributed by atoms with E-state index in [1.165, 1.54) is 11.8 Å². The molecule has 0 aliphatic heterocycles. The zero-order valence-electron chi connectivity index (χ0n) is 12.9. The number of carbonyl (C=O) groups excluding carboxylic acids is 1. The summed E-state index contributed by atoms with van der Waals surface area (Å²) in [6.07, 6.45) is 0. The fraction of sp³-hybridized carbons (Fsp3) is 0.200. The number of tetrazole rings is 1. The number of benzene rings is 1. The van der Waals surface area contributed by atoms with E-state index in [9.17, 15) is 4.79 Å². The first-order valence-corrected chi connectivity index (χ1v) is 8.96. The van der Waals surface area contributed by atoms with Crippen LogP contribution >= 0.6 is 23.1 Å². The largest absolute Gasteiger partial charge is 0.497 e. The standard InChI is InChI=1S/C15H15N5O2S2/c1-22-12-5-2-4-11(8-12)16-14(21)10-24-15-17-18-19-20(15)9-13-6-3-7-23-13/h2-8H,9-10H2,1H3,(H,16,21). The molecule has 1 amide bonds. The lowest BCUT2D eigenvalue weighted by Crippen LogP contribution is -2.14. The summed E-state index contributed by atoms with van der Waals surface area (Å²) in [5.41, 5.74) is 0.693. The normalized spacial score (nSPS) is 10.5. The number of hydrogen-bond acceptors (Lipinski definition) is 7. The van der Waals surface area contributed by atoms with Gasteiger partial charge in [0.05, 0.1) is 19.4 Å². The smallest absolute Gasteiger partial charge is 0.234 e. The van der Waals surface area contributed by atoms with Gasteiger partial charge in [-0.1, -0.05) is 23.9 Å². The molecule has 0 radical (unpaired) electrons. The lowest BCUT2D eigenvalue weighted by molar-refractivity contribution is -0.113. The molecule has 0 aliphatic carbocycles. The van der Waals surface area contributed by atoms with Crippen molar-refractivity contribution in [3.8, 4) is 5.75 Å². The Kier molecular flexibility index (Phi) is 5.44. The van der Waals surface area contributed by atoms with Crippen LogP contribution in [0.5, 0.6) is 5.75 Å². The van der Waals surface area contributed by atoms with Crippen molar-refractivity contribution < 1.29 is 9.53 Å². The number of anilines is 1. The van der Waals surface area contributed by atoms with Gasteiger partial charge in [-0.3, -0.25) is 4.79 Å². The number of rotatable bonds is 7. The number of nitrogens with zero attached hydrogens (tertiary/aromatic N) is 4. The fourth-order valence-electron chi connectivity index (χ4n) is 1.98. The van der Waals surface area contributed by atoms with E-state index < -0.39 is 0 Å². The molecule has 3 rings (SSSR count). The first-order valence-electron chi connectivity index (χ1n) is 7.10. The SMILES string of the molecule is COc1cccc(NC(=O)CSc2nnnn2Cc2cccs2)c1. The van der Waals surface area contributed by atoms with Crippen molar-refractivity contribution >= 4 is 34.7 Å². The zero-order valence-corrected chi connectivity index (χ0v) is 14.5. The Hall–Kier alpha value is -2.39. The molecule has 9 heteroatoms. The van der Waals surface area contributed by atoms with Gasteiger partial charge in [0.1, 0.15) is 5.75 Å². The molecule has 0 bridgehead atoms. The summed E-state index contributed by atoms with van der Waals surface area (Å²) < 4.78 is 6.83. The Bertz CT molecular complexity index is 804. The second kappa shape index (κ2) is 7.93. The number of carbonyl (C=O) groups is 1. The van der Waals surface area contributed by atoms with E-state index in [1.54, 1.807) is 29.2 Å². The molecular formula is C15H15N5O2S2. The number of amides is 1. The van der Waals surface area contributed by atoms with Crippen LogP contribution < -0.4 is 10.1 Å². The van der Waals surface area contributed by atoms with E-state index in [4.69, 9.17) is 4.74 Å². The zero-order chi connectivity index (χ0) is 16.8. The van der Waals surface area contributed by atoms with Crippen molar-refractivity contribution in [2.45, 2.75) is 11.7 Å². The highest BCUT2D eigenvalue weighted by Gasteiger charge is 2.11. The Balaban J connectivity index is 1.55. The topological polar surface area (TPSA) is 81.9 Å². The first-order chi connectivity index (χ1) is 11.7. The van der Waals surface area contributed by atoms with Crippen LogP contribution in [-0.2, 0) is 11.3 Å². The summed E-state index contributed by atoms with van der Waals surface area (Å²) >= 11 is 2.94. The summed E-state index contributed by atoms with van der Waals surface area (Å²) in [5.74, 6) is 0.793. The minimum atomic E-state index is -0.126. The van der Waals surface area contributed by atoms with Crippen LogP contribution in [0.25, 0.3) is 0 Å². The van der Waals surface area contributed by atoms with Crippen LogP contribution in [0.4, 0.5) is 5.69 Å². The number of ether oxygens (including phenoxy) is 1. The second-order valence-corrected chi connectivity index (χ2v) is 6.74. The molecule has 0 unspecified atom stereocenters. The Morgan fingerprint density at radius 2 is 2.29 bits per heavy atom. The van der Waals surface area contributed by atoms with Crippen LogP contribution in [-0.4, -0.2) is 39.0 Å². The lowest BCUT2D eigenvalue weighted by Gasteiger charge is -2.07. The van der Waals surface area contributed by atoms with E-state index >= 15 is 0 Å². The molecule has 0 aliphatic rings. The van der Waals surface area contributed by atoms with Crippen LogP contribution in [0.1, 0.15) is 4.88 Å². The number of aromatic nitrogens is 4. The number of thioether (sulfide) groups is 1. The third kappa shape index (κ3) is 4.33. The van der Waals surface area contributed by atoms with Gasteiger partial charge in [-0.15, -0.1) is 16.4 Å². The average Bonchev–Trinajstić information content (AvgIpc) is 3.25. The van der Waals surface area contributed by atoms with E-state index in [2.05, 4.69) is 20.8 Å². The van der Waals surface area contributed by atoms with E-state index in [0.717, 1.165) is 4.88 Å². The molecule has 0 saturated heterocycles. The lowest BCUT2D eigenvalue weighted by atomic mass is 10.3. The van der Waals surface area contributed by atoms with Crippen LogP contribution in [0, 0.1) is 0 Å². The summed E-state index contributed by atoms with van der Waals surface area (Å²) in [6, 6.07) is 11.2. The number of nitrogens with one attached hydrogen (secondary N) is 1. The fourth-order valence-corrected chi connectivity index (χ4v) is 3.34. The van der Waals surface area contributed by atoms with E-state index in [1.807, 2.05) is 35.7 Å². The predicted octanol–water partition coefficient (Wildman–Crippen LogP) is 2.52. The van der Waals surface area contributed by atoms with Crippen LogP contribution in [0.3, 0.4) is 0 Å². The predicted molar refractivity (Wildman–Crippen MR) is 93.6 cm³/mol. The molecule has 0 fully saturated rings. The summed E-state index contributed by atoms with van der Waals surface area (Å²) in [5, 5.41) is 17.1. The highest BCUT2D eigenvalue weighted by molar-refractivity contribution is 7.99. The second-order valence-electron chi connectivity index (χ2n) is 4.77. The molecule has 1 N–H and O–H groups in total. The molecule has 0 saturated carbocycles. The molecule has 2 aromatic heterocycles. The quantitative estimate of drug-likeness (QED) is 0.651. The van der Waals surface area contributed by atoms with Gasteiger partial charge in [0.15, 0.2) is 0 Å². The molecule has 124 valence electrons. The molecule has 0 atom stereocenters. The number of methoxy groups -OCH3 is 1. The molecule has 24 heavy (non-hydrogen) atoms. The molecule has 2 heterocycles. The van der Waals surface area contributed by atoms with Crippen molar-refractivity contribution in [3.05, 3.63) is 46.7 Å². The minimum absolute atomic E-state index is 0.126. The van der Waals surface area contributed by atoms with Crippen molar-refractivity contribution in [2.24, 2.45) is 0 Å². The number of hydrogen-bond donors (Lipinski definition) is 1.